The number of fused-ring (bicyclic) bond motifs is 1. The molecule has 32 heavy (non-hydrogen) atoms. The third kappa shape index (κ3) is 7.58. The van der Waals surface area contributed by atoms with Gasteiger partial charge in [0, 0.05) is 31.1 Å². The summed E-state index contributed by atoms with van der Waals surface area (Å²) in [5.74, 6) is -0.191. The molecule has 1 aliphatic heterocycles. The minimum absolute atomic E-state index is 0.0211. The summed E-state index contributed by atoms with van der Waals surface area (Å²) in [4.78, 5) is 35.8. The monoisotopic (exact) mass is 448 g/mol. The van der Waals surface area contributed by atoms with E-state index in [2.05, 4.69) is 10.8 Å². The molecule has 0 amide bonds. The Morgan fingerprint density at radius 3 is 2.44 bits per heavy atom. The van der Waals surface area contributed by atoms with Crippen molar-refractivity contribution in [2.75, 3.05) is 7.11 Å². The number of hydrogen-bond acceptors (Lipinski definition) is 6. The quantitative estimate of drug-likeness (QED) is 0.193. The summed E-state index contributed by atoms with van der Waals surface area (Å²) >= 11 is 0. The number of carbonyl (C=O) groups excluding carboxylic acids is 3. The van der Waals surface area contributed by atoms with Crippen LogP contribution in [-0.4, -0.2) is 43.1 Å². The molecule has 1 aliphatic carbocycles. The zero-order chi connectivity index (χ0) is 23.9. The van der Waals surface area contributed by atoms with E-state index in [-0.39, 0.29) is 47.9 Å². The molecule has 1 saturated carbocycles. The molecule has 180 valence electrons. The third-order valence-electron chi connectivity index (χ3n) is 6.63. The van der Waals surface area contributed by atoms with Crippen LogP contribution in [0.25, 0.3) is 0 Å². The lowest BCUT2D eigenvalue weighted by Crippen LogP contribution is -2.26. The number of esters is 2. The van der Waals surface area contributed by atoms with Crippen LogP contribution in [0.3, 0.4) is 0 Å². The number of carbonyl (C=O) groups is 3. The van der Waals surface area contributed by atoms with E-state index in [9.17, 15) is 14.4 Å². The van der Waals surface area contributed by atoms with E-state index < -0.39 is 5.41 Å². The number of allylic oxidation sites excluding steroid dienone is 3. The Balaban J connectivity index is 2.00. The van der Waals surface area contributed by atoms with Gasteiger partial charge >= 0.3 is 11.9 Å². The van der Waals surface area contributed by atoms with Gasteiger partial charge in [-0.15, -0.1) is 0 Å². The van der Waals surface area contributed by atoms with Gasteiger partial charge in [0.2, 0.25) is 0 Å². The molecule has 2 aliphatic rings. The lowest BCUT2D eigenvalue weighted by atomic mass is 9.82. The molecule has 0 aromatic rings. The van der Waals surface area contributed by atoms with Gasteiger partial charge in [0.05, 0.1) is 19.3 Å². The van der Waals surface area contributed by atoms with Crippen molar-refractivity contribution in [1.29, 1.82) is 0 Å². The second kappa shape index (κ2) is 11.8. The van der Waals surface area contributed by atoms with E-state index >= 15 is 0 Å². The molecular formula is C26H40O6. The first kappa shape index (κ1) is 26.3. The first-order valence-electron chi connectivity index (χ1n) is 11.8. The number of hydrogen-bond donors (Lipinski definition) is 0. The van der Waals surface area contributed by atoms with Crippen LogP contribution in [0.5, 0.6) is 0 Å². The second-order valence-electron chi connectivity index (χ2n) is 10.1. The average molecular weight is 449 g/mol. The zero-order valence-corrected chi connectivity index (χ0v) is 20.5. The van der Waals surface area contributed by atoms with Gasteiger partial charge in [0.15, 0.2) is 5.78 Å². The molecule has 5 atom stereocenters. The van der Waals surface area contributed by atoms with Crippen molar-refractivity contribution in [1.82, 2.24) is 0 Å². The van der Waals surface area contributed by atoms with Crippen molar-refractivity contribution in [2.24, 2.45) is 17.3 Å². The van der Waals surface area contributed by atoms with E-state index in [1.165, 1.54) is 19.6 Å². The summed E-state index contributed by atoms with van der Waals surface area (Å²) in [6, 6.07) is 0. The van der Waals surface area contributed by atoms with Crippen LogP contribution in [0.4, 0.5) is 0 Å². The van der Waals surface area contributed by atoms with E-state index in [1.54, 1.807) is 6.08 Å². The SMILES string of the molecule is COC(=O)CCCC[C@H]1C[C@@H]2[C@@H](/C=C/C(=O)C(C)(C)CC=C(C)C)[C@H](OC(C)=O)C[C@@H]2O1. The maximum Gasteiger partial charge on any atom is 0.305 e. The number of unbranched alkanes of at least 4 members (excludes halogenated alkanes) is 1. The molecule has 1 saturated heterocycles. The number of ketones is 1. The van der Waals surface area contributed by atoms with Gasteiger partial charge in [-0.05, 0) is 51.5 Å². The van der Waals surface area contributed by atoms with E-state index in [0.717, 1.165) is 25.7 Å². The highest BCUT2D eigenvalue weighted by Gasteiger charge is 2.49. The van der Waals surface area contributed by atoms with Crippen LogP contribution < -0.4 is 0 Å². The topological polar surface area (TPSA) is 78.9 Å². The number of rotatable bonds is 11. The molecular weight excluding hydrogens is 408 g/mol. The highest BCUT2D eigenvalue weighted by Crippen LogP contribution is 2.46. The van der Waals surface area contributed by atoms with Crippen molar-refractivity contribution < 1.29 is 28.6 Å². The third-order valence-corrected chi connectivity index (χ3v) is 6.63. The Bertz CT molecular complexity index is 731. The first-order valence-corrected chi connectivity index (χ1v) is 11.8. The predicted octanol–water partition coefficient (Wildman–Crippen LogP) is 4.95. The summed E-state index contributed by atoms with van der Waals surface area (Å²) in [6.07, 6.45) is 10.9. The van der Waals surface area contributed by atoms with Crippen molar-refractivity contribution in [2.45, 2.75) is 97.9 Å². The zero-order valence-electron chi connectivity index (χ0n) is 20.5. The Morgan fingerprint density at radius 1 is 1.09 bits per heavy atom. The summed E-state index contributed by atoms with van der Waals surface area (Å²) in [5, 5.41) is 0. The second-order valence-corrected chi connectivity index (χ2v) is 10.1. The molecule has 0 radical (unpaired) electrons. The summed E-state index contributed by atoms with van der Waals surface area (Å²) in [6.45, 7) is 9.41. The smallest absolute Gasteiger partial charge is 0.305 e. The van der Waals surface area contributed by atoms with Gasteiger partial charge in [-0.2, -0.15) is 0 Å². The van der Waals surface area contributed by atoms with Gasteiger partial charge in [-0.1, -0.05) is 38.0 Å². The van der Waals surface area contributed by atoms with Gasteiger partial charge in [-0.25, -0.2) is 0 Å². The maximum absolute atomic E-state index is 12.9. The van der Waals surface area contributed by atoms with Gasteiger partial charge in [0.25, 0.3) is 0 Å². The molecule has 6 heteroatoms. The van der Waals surface area contributed by atoms with Crippen LogP contribution in [0.1, 0.15) is 79.6 Å². The molecule has 0 unspecified atom stereocenters. The van der Waals surface area contributed by atoms with Crippen LogP contribution in [0.15, 0.2) is 23.8 Å². The fraction of sp³-hybridized carbons (Fsp3) is 0.731. The molecule has 0 bridgehead atoms. The Hall–Kier alpha value is -1.95. The maximum atomic E-state index is 12.9. The Morgan fingerprint density at radius 2 is 1.81 bits per heavy atom. The van der Waals surface area contributed by atoms with Crippen molar-refractivity contribution in [3.05, 3.63) is 23.8 Å². The summed E-state index contributed by atoms with van der Waals surface area (Å²) < 4.78 is 16.5. The molecule has 0 N–H and O–H groups in total. The molecule has 0 aromatic heterocycles. The van der Waals surface area contributed by atoms with Crippen LogP contribution in [-0.2, 0) is 28.6 Å². The van der Waals surface area contributed by atoms with Crippen LogP contribution >= 0.6 is 0 Å². The van der Waals surface area contributed by atoms with Crippen molar-refractivity contribution in [3.63, 3.8) is 0 Å². The van der Waals surface area contributed by atoms with Crippen LogP contribution in [0, 0.1) is 17.3 Å². The summed E-state index contributed by atoms with van der Waals surface area (Å²) in [5.41, 5.74) is 0.723. The highest BCUT2D eigenvalue weighted by molar-refractivity contribution is 5.94. The summed E-state index contributed by atoms with van der Waals surface area (Å²) in [7, 11) is 1.41. The first-order chi connectivity index (χ1) is 15.0. The Kier molecular flexibility index (Phi) is 9.68. The van der Waals surface area contributed by atoms with E-state index in [4.69, 9.17) is 9.47 Å². The fourth-order valence-electron chi connectivity index (χ4n) is 4.68. The van der Waals surface area contributed by atoms with Gasteiger partial charge < -0.3 is 14.2 Å². The van der Waals surface area contributed by atoms with Crippen molar-refractivity contribution >= 4 is 17.7 Å². The average Bonchev–Trinajstić information content (AvgIpc) is 3.24. The van der Waals surface area contributed by atoms with Crippen molar-refractivity contribution in [3.8, 4) is 0 Å². The van der Waals surface area contributed by atoms with E-state index in [1.807, 2.05) is 33.8 Å². The lowest BCUT2D eigenvalue weighted by molar-refractivity contribution is -0.148. The standard InChI is InChI=1S/C26H40O6/c1-17(2)13-14-26(4,5)24(28)12-11-20-21-15-19(9-7-8-10-25(29)30-6)32-23(21)16-22(20)31-18(3)27/h11-13,19-23H,7-10,14-16H2,1-6H3/b12-11+/t19-,20+,21+,22+,23-/m0/s1. The molecule has 0 aromatic carbocycles. The van der Waals surface area contributed by atoms with Gasteiger partial charge in [0.1, 0.15) is 6.10 Å². The minimum atomic E-state index is -0.475. The lowest BCUT2D eigenvalue weighted by Gasteiger charge is -2.23. The number of ether oxygens (including phenoxy) is 3. The molecule has 2 fully saturated rings. The van der Waals surface area contributed by atoms with E-state index in [0.29, 0.717) is 19.3 Å². The normalized spacial score (nSPS) is 27.2. The highest BCUT2D eigenvalue weighted by atomic mass is 16.6. The minimum Gasteiger partial charge on any atom is -0.469 e. The molecule has 1 heterocycles. The fourth-order valence-corrected chi connectivity index (χ4v) is 4.68. The molecule has 0 spiro atoms. The Labute approximate surface area is 192 Å². The predicted molar refractivity (Wildman–Crippen MR) is 123 cm³/mol. The number of methoxy groups -OCH3 is 1. The molecule has 2 rings (SSSR count). The largest absolute Gasteiger partial charge is 0.469 e. The molecule has 6 nitrogen and oxygen atoms in total. The van der Waals surface area contributed by atoms with Gasteiger partial charge in [-0.3, -0.25) is 14.4 Å². The van der Waals surface area contributed by atoms with Crippen LogP contribution in [0.2, 0.25) is 0 Å².